The van der Waals surface area contributed by atoms with Gasteiger partial charge in [-0.05, 0) is 43.7 Å². The highest BCUT2D eigenvalue weighted by Gasteiger charge is 2.20. The van der Waals surface area contributed by atoms with Crippen molar-refractivity contribution in [2.75, 3.05) is 11.9 Å². The number of ether oxygens (including phenoxy) is 1. The average molecular weight is 420 g/mol. The normalized spacial score (nSPS) is 11.9. The lowest BCUT2D eigenvalue weighted by Crippen LogP contribution is -2.31. The molecule has 4 aromatic rings. The van der Waals surface area contributed by atoms with Crippen LogP contribution in [-0.2, 0) is 4.79 Å². The van der Waals surface area contributed by atoms with Gasteiger partial charge in [-0.2, -0.15) is 0 Å². The molecule has 0 aliphatic rings. The molecule has 0 spiro atoms. The van der Waals surface area contributed by atoms with Gasteiger partial charge in [0, 0.05) is 16.6 Å². The molecular weight excluding hydrogens is 398 g/mol. The minimum atomic E-state index is -0.706. The van der Waals surface area contributed by atoms with Gasteiger partial charge in [-0.1, -0.05) is 30.3 Å². The third-order valence-corrected chi connectivity index (χ3v) is 5.72. The molecule has 0 aliphatic heterocycles. The fraction of sp³-hybridized carbons (Fsp3) is 0.174. The van der Waals surface area contributed by atoms with Crippen LogP contribution in [0.25, 0.3) is 21.3 Å². The zero-order chi connectivity index (χ0) is 21.1. The Morgan fingerprint density at radius 1 is 1.17 bits per heavy atom. The number of carbonyl (C=O) groups is 1. The van der Waals surface area contributed by atoms with Crippen LogP contribution in [-0.4, -0.2) is 22.1 Å². The highest BCUT2D eigenvalue weighted by Crippen LogP contribution is 2.32. The first-order valence-electron chi connectivity index (χ1n) is 9.66. The third kappa shape index (κ3) is 3.84. The molecule has 6 nitrogen and oxygen atoms in total. The second-order valence-electron chi connectivity index (χ2n) is 6.78. The number of amides is 1. The maximum absolute atomic E-state index is 13.3. The molecule has 30 heavy (non-hydrogen) atoms. The van der Waals surface area contributed by atoms with E-state index in [2.05, 4.69) is 10.3 Å². The summed E-state index contributed by atoms with van der Waals surface area (Å²) in [6, 6.07) is 16.1. The predicted molar refractivity (Wildman–Crippen MR) is 120 cm³/mol. The summed E-state index contributed by atoms with van der Waals surface area (Å²) in [7, 11) is 0. The van der Waals surface area contributed by atoms with Gasteiger partial charge in [0.25, 0.3) is 5.56 Å². The summed E-state index contributed by atoms with van der Waals surface area (Å²) in [6.45, 7) is 4.22. The lowest BCUT2D eigenvalue weighted by molar-refractivity contribution is -0.118. The zero-order valence-electron chi connectivity index (χ0n) is 16.7. The summed E-state index contributed by atoms with van der Waals surface area (Å²) in [5, 5.41) is 5.28. The van der Waals surface area contributed by atoms with Gasteiger partial charge in [0.05, 0.1) is 18.3 Å². The van der Waals surface area contributed by atoms with Gasteiger partial charge in [-0.25, -0.2) is 4.98 Å². The molecule has 0 unspecified atom stereocenters. The molecule has 152 valence electrons. The number of fused-ring (bicyclic) bond motifs is 1. The zero-order valence-corrected chi connectivity index (χ0v) is 17.5. The van der Waals surface area contributed by atoms with Crippen LogP contribution in [0.5, 0.6) is 5.75 Å². The quantitative estimate of drug-likeness (QED) is 0.491. The van der Waals surface area contributed by atoms with Gasteiger partial charge < -0.3 is 10.1 Å². The Kier molecular flexibility index (Phi) is 5.63. The number of benzene rings is 2. The van der Waals surface area contributed by atoms with E-state index in [9.17, 15) is 9.59 Å². The molecule has 7 heteroatoms. The summed E-state index contributed by atoms with van der Waals surface area (Å²) in [5.74, 6) is 0.504. The van der Waals surface area contributed by atoms with E-state index in [0.29, 0.717) is 22.5 Å². The van der Waals surface area contributed by atoms with Crippen LogP contribution in [0.3, 0.4) is 0 Å². The van der Waals surface area contributed by atoms with E-state index < -0.39 is 6.04 Å². The molecule has 1 amide bonds. The Hall–Kier alpha value is -3.45. The van der Waals surface area contributed by atoms with Crippen molar-refractivity contribution in [3.8, 4) is 16.9 Å². The molecule has 1 atom stereocenters. The van der Waals surface area contributed by atoms with Crippen molar-refractivity contribution < 1.29 is 9.53 Å². The number of aromatic nitrogens is 2. The standard InChI is InChI=1S/C23H21N3O3S/c1-3-29-18-11-9-16(10-12-18)19-13-30-22-20(19)23(28)26(14-24-22)15(2)21(27)25-17-7-5-4-6-8-17/h4-15H,3H2,1-2H3,(H,25,27)/t15-/m1/s1. The molecule has 4 rings (SSSR count). The summed E-state index contributed by atoms with van der Waals surface area (Å²) < 4.78 is 6.88. The van der Waals surface area contributed by atoms with E-state index >= 15 is 0 Å². The molecule has 0 bridgehead atoms. The smallest absolute Gasteiger partial charge is 0.263 e. The molecule has 0 fully saturated rings. The van der Waals surface area contributed by atoms with Gasteiger partial charge in [0.1, 0.15) is 16.6 Å². The third-order valence-electron chi connectivity index (χ3n) is 4.83. The van der Waals surface area contributed by atoms with Gasteiger partial charge in [0.15, 0.2) is 0 Å². The first-order chi connectivity index (χ1) is 14.6. The Bertz CT molecular complexity index is 1230. The van der Waals surface area contributed by atoms with Gasteiger partial charge in [-0.15, -0.1) is 11.3 Å². The predicted octanol–water partition coefficient (Wildman–Crippen LogP) is 4.72. The lowest BCUT2D eigenvalue weighted by atomic mass is 10.1. The Labute approximate surface area is 177 Å². The van der Waals surface area contributed by atoms with E-state index in [-0.39, 0.29) is 11.5 Å². The SMILES string of the molecule is CCOc1ccc(-c2csc3ncn([C@H](C)C(=O)Nc4ccccc4)c(=O)c23)cc1. The van der Waals surface area contributed by atoms with Crippen LogP contribution in [0.1, 0.15) is 19.9 Å². The Morgan fingerprint density at radius 2 is 1.90 bits per heavy atom. The van der Waals surface area contributed by atoms with Crippen LogP contribution in [0, 0.1) is 0 Å². The minimum Gasteiger partial charge on any atom is -0.494 e. The fourth-order valence-corrected chi connectivity index (χ4v) is 4.13. The van der Waals surface area contributed by atoms with E-state index in [0.717, 1.165) is 16.9 Å². The first-order valence-corrected chi connectivity index (χ1v) is 10.5. The molecule has 1 N–H and O–H groups in total. The summed E-state index contributed by atoms with van der Waals surface area (Å²) in [6.07, 6.45) is 1.44. The highest BCUT2D eigenvalue weighted by molar-refractivity contribution is 7.17. The summed E-state index contributed by atoms with van der Waals surface area (Å²) in [4.78, 5) is 31.0. The lowest BCUT2D eigenvalue weighted by Gasteiger charge is -2.15. The van der Waals surface area contributed by atoms with E-state index in [1.807, 2.05) is 54.8 Å². The molecule has 0 saturated carbocycles. The Balaban J connectivity index is 1.69. The van der Waals surface area contributed by atoms with Crippen molar-refractivity contribution >= 4 is 33.1 Å². The van der Waals surface area contributed by atoms with Crippen molar-refractivity contribution in [3.05, 3.63) is 76.7 Å². The number of thiophene rings is 1. The van der Waals surface area contributed by atoms with E-state index in [1.165, 1.54) is 22.2 Å². The molecular formula is C23H21N3O3S. The number of hydrogen-bond acceptors (Lipinski definition) is 5. The average Bonchev–Trinajstić information content (AvgIpc) is 3.20. The summed E-state index contributed by atoms with van der Waals surface area (Å²) in [5.41, 5.74) is 2.16. The van der Waals surface area contributed by atoms with E-state index in [4.69, 9.17) is 4.74 Å². The molecule has 2 aromatic heterocycles. The summed E-state index contributed by atoms with van der Waals surface area (Å²) >= 11 is 1.41. The molecule has 0 saturated heterocycles. The van der Waals surface area contributed by atoms with E-state index in [1.54, 1.807) is 19.1 Å². The fourth-order valence-electron chi connectivity index (χ4n) is 3.23. The van der Waals surface area contributed by atoms with Crippen LogP contribution < -0.4 is 15.6 Å². The van der Waals surface area contributed by atoms with Crippen molar-refractivity contribution in [2.24, 2.45) is 0 Å². The van der Waals surface area contributed by atoms with Crippen molar-refractivity contribution in [2.45, 2.75) is 19.9 Å². The topological polar surface area (TPSA) is 73.2 Å². The number of nitrogens with zero attached hydrogens (tertiary/aromatic N) is 2. The number of para-hydroxylation sites is 1. The second-order valence-corrected chi connectivity index (χ2v) is 7.63. The van der Waals surface area contributed by atoms with Gasteiger partial charge >= 0.3 is 0 Å². The van der Waals surface area contributed by atoms with Crippen molar-refractivity contribution in [1.82, 2.24) is 9.55 Å². The molecule has 0 radical (unpaired) electrons. The van der Waals surface area contributed by atoms with Crippen molar-refractivity contribution in [3.63, 3.8) is 0 Å². The number of hydrogen-bond donors (Lipinski definition) is 1. The minimum absolute atomic E-state index is 0.235. The van der Waals surface area contributed by atoms with Crippen LogP contribution in [0.2, 0.25) is 0 Å². The van der Waals surface area contributed by atoms with Crippen LogP contribution >= 0.6 is 11.3 Å². The van der Waals surface area contributed by atoms with Crippen molar-refractivity contribution in [1.29, 1.82) is 0 Å². The number of rotatable bonds is 6. The second kappa shape index (κ2) is 8.51. The Morgan fingerprint density at radius 3 is 2.60 bits per heavy atom. The van der Waals surface area contributed by atoms with Crippen LogP contribution in [0.15, 0.2) is 71.1 Å². The largest absolute Gasteiger partial charge is 0.494 e. The number of carbonyl (C=O) groups excluding carboxylic acids is 1. The molecule has 2 heterocycles. The molecule has 2 aromatic carbocycles. The van der Waals surface area contributed by atoms with Crippen LogP contribution in [0.4, 0.5) is 5.69 Å². The van der Waals surface area contributed by atoms with Gasteiger partial charge in [0.2, 0.25) is 5.91 Å². The first kappa shape index (κ1) is 19.8. The number of nitrogens with one attached hydrogen (secondary N) is 1. The maximum atomic E-state index is 13.3. The van der Waals surface area contributed by atoms with Gasteiger partial charge in [-0.3, -0.25) is 14.2 Å². The number of anilines is 1. The highest BCUT2D eigenvalue weighted by atomic mass is 32.1. The molecule has 0 aliphatic carbocycles. The maximum Gasteiger partial charge on any atom is 0.263 e. The monoisotopic (exact) mass is 419 g/mol.